The number of rotatable bonds is 4. The molecule has 2 aromatic rings. The minimum Gasteiger partial charge on any atom is -0.342 e. The third kappa shape index (κ3) is 4.56. The topological polar surface area (TPSA) is 58.2 Å². The summed E-state index contributed by atoms with van der Waals surface area (Å²) >= 11 is 10.3. The Hall–Kier alpha value is -1.37. The van der Waals surface area contributed by atoms with Crippen LogP contribution in [0.1, 0.15) is 15.2 Å². The van der Waals surface area contributed by atoms with E-state index in [1.807, 2.05) is 19.1 Å². The predicted molar refractivity (Wildman–Crippen MR) is 89.2 cm³/mol. The maximum Gasteiger partial charge on any atom is 0.261 e. The predicted octanol–water partition coefficient (Wildman–Crippen LogP) is 3.84. The van der Waals surface area contributed by atoms with Gasteiger partial charge in [0.05, 0.1) is 15.8 Å². The molecule has 1 aromatic heterocycles. The van der Waals surface area contributed by atoms with Crippen molar-refractivity contribution in [1.82, 2.24) is 5.32 Å². The van der Waals surface area contributed by atoms with Crippen molar-refractivity contribution in [1.29, 1.82) is 0 Å². The van der Waals surface area contributed by atoms with Crippen molar-refractivity contribution >= 4 is 56.4 Å². The van der Waals surface area contributed by atoms with E-state index in [0.717, 1.165) is 15.7 Å². The zero-order valence-electron chi connectivity index (χ0n) is 11.1. The van der Waals surface area contributed by atoms with Crippen LogP contribution in [0.5, 0.6) is 0 Å². The monoisotopic (exact) mass is 386 g/mol. The number of carbonyl (C=O) groups is 2. The molecule has 0 aliphatic rings. The summed E-state index contributed by atoms with van der Waals surface area (Å²) in [4.78, 5) is 24.1. The van der Waals surface area contributed by atoms with Crippen molar-refractivity contribution in [2.45, 2.75) is 6.92 Å². The summed E-state index contributed by atoms with van der Waals surface area (Å²) in [5.74, 6) is -0.592. The molecule has 0 aliphatic carbocycles. The molecule has 0 unspecified atom stereocenters. The van der Waals surface area contributed by atoms with Crippen LogP contribution < -0.4 is 10.6 Å². The van der Waals surface area contributed by atoms with E-state index in [4.69, 9.17) is 11.6 Å². The number of amides is 2. The van der Waals surface area contributed by atoms with Crippen molar-refractivity contribution in [3.05, 3.63) is 49.6 Å². The summed E-state index contributed by atoms with van der Waals surface area (Å²) in [6.45, 7) is 1.80. The van der Waals surface area contributed by atoms with Crippen LogP contribution >= 0.6 is 38.9 Å². The van der Waals surface area contributed by atoms with E-state index in [1.165, 1.54) is 11.3 Å². The van der Waals surface area contributed by atoms with Gasteiger partial charge in [0.1, 0.15) is 0 Å². The van der Waals surface area contributed by atoms with Gasteiger partial charge in [-0.15, -0.1) is 11.3 Å². The van der Waals surface area contributed by atoms with E-state index < -0.39 is 0 Å². The number of halogens is 2. The van der Waals surface area contributed by atoms with Gasteiger partial charge in [-0.25, -0.2) is 0 Å². The highest BCUT2D eigenvalue weighted by molar-refractivity contribution is 9.10. The molecule has 2 rings (SSSR count). The summed E-state index contributed by atoms with van der Waals surface area (Å²) in [6, 6.07) is 8.82. The van der Waals surface area contributed by atoms with Gasteiger partial charge in [-0.2, -0.15) is 0 Å². The van der Waals surface area contributed by atoms with Gasteiger partial charge in [0.15, 0.2) is 0 Å². The van der Waals surface area contributed by atoms with Crippen molar-refractivity contribution in [3.8, 4) is 0 Å². The minimum atomic E-state index is -0.311. The summed E-state index contributed by atoms with van der Waals surface area (Å²) < 4.78 is 1.48. The number of aryl methyl sites for hydroxylation is 1. The standard InChI is InChI=1S/C14H12BrClN2O2S/c1-8-6-9(15)2-3-10(8)18-13(19)7-17-14(20)11-4-5-12(16)21-11/h2-6H,7H2,1H3,(H,17,20)(H,18,19). The first kappa shape index (κ1) is 16.0. The molecule has 1 heterocycles. The third-order valence-electron chi connectivity index (χ3n) is 2.67. The second kappa shape index (κ2) is 7.06. The first-order valence-corrected chi connectivity index (χ1v) is 8.04. The van der Waals surface area contributed by atoms with Crippen LogP contribution in [0.25, 0.3) is 0 Å². The Bertz CT molecular complexity index is 687. The molecule has 0 bridgehead atoms. The number of hydrogen-bond acceptors (Lipinski definition) is 3. The maximum atomic E-state index is 11.8. The van der Waals surface area contributed by atoms with Gasteiger partial charge in [-0.1, -0.05) is 27.5 Å². The van der Waals surface area contributed by atoms with Gasteiger partial charge < -0.3 is 10.6 Å². The fourth-order valence-corrected chi connectivity index (χ4v) is 3.08. The lowest BCUT2D eigenvalue weighted by atomic mass is 10.2. The van der Waals surface area contributed by atoms with Crippen LogP contribution in [0.15, 0.2) is 34.8 Å². The SMILES string of the molecule is Cc1cc(Br)ccc1NC(=O)CNC(=O)c1ccc(Cl)s1. The minimum absolute atomic E-state index is 0.0934. The molecule has 0 fully saturated rings. The van der Waals surface area contributed by atoms with Gasteiger partial charge in [0.25, 0.3) is 5.91 Å². The Morgan fingerprint density at radius 2 is 2.05 bits per heavy atom. The number of hydrogen-bond donors (Lipinski definition) is 2. The summed E-state index contributed by atoms with van der Waals surface area (Å²) in [5, 5.41) is 5.31. The van der Waals surface area contributed by atoms with Gasteiger partial charge in [-0.3, -0.25) is 9.59 Å². The second-order valence-electron chi connectivity index (χ2n) is 4.29. The van der Waals surface area contributed by atoms with Crippen molar-refractivity contribution in [2.75, 3.05) is 11.9 Å². The van der Waals surface area contributed by atoms with Crippen LogP contribution in [-0.2, 0) is 4.79 Å². The average molecular weight is 388 g/mol. The molecule has 2 amide bonds. The first-order chi connectivity index (χ1) is 9.95. The highest BCUT2D eigenvalue weighted by atomic mass is 79.9. The Balaban J connectivity index is 1.89. The van der Waals surface area contributed by atoms with E-state index in [9.17, 15) is 9.59 Å². The lowest BCUT2D eigenvalue weighted by molar-refractivity contribution is -0.115. The fraction of sp³-hybridized carbons (Fsp3) is 0.143. The van der Waals surface area contributed by atoms with E-state index in [-0.39, 0.29) is 18.4 Å². The Kier molecular flexibility index (Phi) is 5.39. The maximum absolute atomic E-state index is 11.8. The molecule has 4 nitrogen and oxygen atoms in total. The molecular weight excluding hydrogens is 376 g/mol. The Morgan fingerprint density at radius 3 is 2.67 bits per heavy atom. The second-order valence-corrected chi connectivity index (χ2v) is 6.92. The molecule has 21 heavy (non-hydrogen) atoms. The summed E-state index contributed by atoms with van der Waals surface area (Å²) in [7, 11) is 0. The molecule has 0 saturated carbocycles. The van der Waals surface area contributed by atoms with Crippen molar-refractivity contribution < 1.29 is 9.59 Å². The van der Waals surface area contributed by atoms with Gasteiger partial charge in [-0.05, 0) is 42.8 Å². The molecular formula is C14H12BrClN2O2S. The van der Waals surface area contributed by atoms with Crippen LogP contribution in [0.2, 0.25) is 4.34 Å². The highest BCUT2D eigenvalue weighted by Gasteiger charge is 2.11. The van der Waals surface area contributed by atoms with Gasteiger partial charge in [0.2, 0.25) is 5.91 Å². The van der Waals surface area contributed by atoms with Crippen LogP contribution in [-0.4, -0.2) is 18.4 Å². The summed E-state index contributed by atoms with van der Waals surface area (Å²) in [6.07, 6.45) is 0. The molecule has 0 atom stereocenters. The summed E-state index contributed by atoms with van der Waals surface area (Å²) in [5.41, 5.74) is 1.66. The Labute approximate surface area is 139 Å². The van der Waals surface area contributed by atoms with E-state index >= 15 is 0 Å². The quantitative estimate of drug-likeness (QED) is 0.837. The van der Waals surface area contributed by atoms with Gasteiger partial charge >= 0.3 is 0 Å². The van der Waals surface area contributed by atoms with Crippen LogP contribution in [0, 0.1) is 6.92 Å². The zero-order chi connectivity index (χ0) is 15.4. The third-order valence-corrected chi connectivity index (χ3v) is 4.39. The number of carbonyl (C=O) groups excluding carboxylic acids is 2. The molecule has 2 N–H and O–H groups in total. The smallest absolute Gasteiger partial charge is 0.261 e. The first-order valence-electron chi connectivity index (χ1n) is 6.05. The highest BCUT2D eigenvalue weighted by Crippen LogP contribution is 2.21. The van der Waals surface area contributed by atoms with Crippen molar-refractivity contribution in [2.24, 2.45) is 0 Å². The molecule has 110 valence electrons. The molecule has 0 spiro atoms. The lowest BCUT2D eigenvalue weighted by Crippen LogP contribution is -2.32. The number of nitrogens with one attached hydrogen (secondary N) is 2. The normalized spacial score (nSPS) is 10.2. The average Bonchev–Trinajstić information content (AvgIpc) is 2.86. The molecule has 1 aromatic carbocycles. The lowest BCUT2D eigenvalue weighted by Gasteiger charge is -2.09. The molecule has 0 radical (unpaired) electrons. The largest absolute Gasteiger partial charge is 0.342 e. The number of thiophene rings is 1. The van der Waals surface area contributed by atoms with Crippen molar-refractivity contribution in [3.63, 3.8) is 0 Å². The van der Waals surface area contributed by atoms with Crippen LogP contribution in [0.3, 0.4) is 0 Å². The van der Waals surface area contributed by atoms with E-state index in [0.29, 0.717) is 9.21 Å². The number of anilines is 1. The van der Waals surface area contributed by atoms with E-state index in [1.54, 1.807) is 18.2 Å². The van der Waals surface area contributed by atoms with E-state index in [2.05, 4.69) is 26.6 Å². The van der Waals surface area contributed by atoms with Gasteiger partial charge in [0, 0.05) is 10.2 Å². The van der Waals surface area contributed by atoms with Crippen LogP contribution in [0.4, 0.5) is 5.69 Å². The molecule has 7 heteroatoms. The zero-order valence-corrected chi connectivity index (χ0v) is 14.2. The fourth-order valence-electron chi connectivity index (χ4n) is 1.65. The number of benzene rings is 1. The molecule has 0 aliphatic heterocycles. The molecule has 0 saturated heterocycles. The Morgan fingerprint density at radius 1 is 1.29 bits per heavy atom.